The number of aryl methyl sites for hydroxylation is 4. The Balaban J connectivity index is 0.000000165. The smallest absolute Gasteiger partial charge is 0.130 e. The van der Waals surface area contributed by atoms with Crippen molar-refractivity contribution in [3.05, 3.63) is 154 Å². The SMILES string of the molecule is Cc1nnn(C)c1-c1cnc2c3cc(F)c(C(C)(C)O)cc3n(C(c3ccc(F)cc3)C3CCOCC3)c2c1.Cc1nnn(C)c1-c1cnc2c3cc(F)c(C(C)(C)O)cc3n(C(c3ccc(F)cc3)C3CCOCC3)c2c1. The standard InChI is InChI=1S/2C30H31F2N5O2/c2*1-17-28(36(4)35-34-17)20-13-26-27(33-16-20)22-14-24(32)23(30(2,3)38)15-25(22)37(26)29(19-9-11-39-12-10-19)18-5-7-21(31)8-6-18/h2*5-8,13-16,19,29,38H,9-12H2,1-4H3. The highest BCUT2D eigenvalue weighted by Gasteiger charge is 2.35. The van der Waals surface area contributed by atoms with Gasteiger partial charge in [0.05, 0.1) is 79.2 Å². The Morgan fingerprint density at radius 3 is 1.21 bits per heavy atom. The van der Waals surface area contributed by atoms with Crippen molar-refractivity contribution in [1.82, 2.24) is 49.1 Å². The van der Waals surface area contributed by atoms with Crippen LogP contribution in [-0.4, -0.2) is 85.7 Å². The van der Waals surface area contributed by atoms with E-state index in [1.54, 1.807) is 61.6 Å². The van der Waals surface area contributed by atoms with Crippen molar-refractivity contribution >= 4 is 43.9 Å². The lowest BCUT2D eigenvalue weighted by Crippen LogP contribution is -2.27. The summed E-state index contributed by atoms with van der Waals surface area (Å²) in [5.41, 5.74) is 8.88. The highest BCUT2D eigenvalue weighted by atomic mass is 19.1. The normalized spacial score (nSPS) is 15.9. The number of pyridine rings is 2. The summed E-state index contributed by atoms with van der Waals surface area (Å²) in [5.74, 6) is -1.22. The van der Waals surface area contributed by atoms with Crippen molar-refractivity contribution in [1.29, 1.82) is 0 Å². The minimum Gasteiger partial charge on any atom is -0.386 e. The molecule has 0 aliphatic carbocycles. The molecule has 0 bridgehead atoms. The van der Waals surface area contributed by atoms with Gasteiger partial charge in [-0.25, -0.2) is 26.9 Å². The molecule has 2 saturated heterocycles. The topological polar surface area (TPSA) is 156 Å². The number of fused-ring (bicyclic) bond motifs is 6. The number of hydrogen-bond acceptors (Lipinski definition) is 10. The maximum atomic E-state index is 15.4. The number of nitrogens with zero attached hydrogens (tertiary/aromatic N) is 10. The summed E-state index contributed by atoms with van der Waals surface area (Å²) in [7, 11) is 3.67. The third-order valence-corrected chi connectivity index (χ3v) is 15.7. The molecular weight excluding hydrogens is 1000 g/mol. The van der Waals surface area contributed by atoms with E-state index in [9.17, 15) is 19.0 Å². The molecule has 8 heterocycles. The molecule has 14 nitrogen and oxygen atoms in total. The molecule has 2 atom stereocenters. The summed E-state index contributed by atoms with van der Waals surface area (Å²) in [5, 5.41) is 39.7. The Labute approximate surface area is 448 Å². The Bertz CT molecular complexity index is 3570. The van der Waals surface area contributed by atoms with Gasteiger partial charge in [-0.2, -0.15) is 0 Å². The number of ether oxygens (including phenoxy) is 2. The van der Waals surface area contributed by atoms with Crippen LogP contribution >= 0.6 is 0 Å². The molecule has 12 rings (SSSR count). The zero-order valence-corrected chi connectivity index (χ0v) is 44.9. The molecule has 404 valence electrons. The van der Waals surface area contributed by atoms with Gasteiger partial charge in [0.1, 0.15) is 23.3 Å². The molecule has 78 heavy (non-hydrogen) atoms. The number of halogens is 4. The Kier molecular flexibility index (Phi) is 13.8. The maximum Gasteiger partial charge on any atom is 0.130 e. The predicted octanol–water partition coefficient (Wildman–Crippen LogP) is 11.6. The largest absolute Gasteiger partial charge is 0.386 e. The molecule has 2 aliphatic rings. The second-order valence-electron chi connectivity index (χ2n) is 21.9. The first kappa shape index (κ1) is 52.7. The van der Waals surface area contributed by atoms with Crippen molar-refractivity contribution < 1.29 is 37.2 Å². The first-order chi connectivity index (χ1) is 37.3. The lowest BCUT2D eigenvalue weighted by atomic mass is 9.86. The van der Waals surface area contributed by atoms with E-state index < -0.39 is 22.8 Å². The average molecular weight is 1060 g/mol. The molecule has 2 unspecified atom stereocenters. The van der Waals surface area contributed by atoms with Crippen LogP contribution in [0.25, 0.3) is 66.4 Å². The number of aromatic nitrogens is 10. The zero-order chi connectivity index (χ0) is 54.9. The highest BCUT2D eigenvalue weighted by molar-refractivity contribution is 6.08. The number of benzene rings is 4. The van der Waals surface area contributed by atoms with E-state index in [4.69, 9.17) is 19.4 Å². The fourth-order valence-corrected chi connectivity index (χ4v) is 12.0. The quantitative estimate of drug-likeness (QED) is 0.126. The summed E-state index contributed by atoms with van der Waals surface area (Å²) in [6.45, 7) is 12.6. The Morgan fingerprint density at radius 1 is 0.526 bits per heavy atom. The van der Waals surface area contributed by atoms with Crippen molar-refractivity contribution in [2.45, 2.75) is 90.5 Å². The van der Waals surface area contributed by atoms with Crippen LogP contribution in [0, 0.1) is 49.0 Å². The molecule has 0 radical (unpaired) electrons. The van der Waals surface area contributed by atoms with Crippen LogP contribution in [0.15, 0.2) is 97.3 Å². The summed E-state index contributed by atoms with van der Waals surface area (Å²) in [4.78, 5) is 9.67. The van der Waals surface area contributed by atoms with Gasteiger partial charge in [-0.3, -0.25) is 9.97 Å². The fraction of sp³-hybridized carbons (Fsp3) is 0.367. The van der Waals surface area contributed by atoms with E-state index >= 15 is 8.78 Å². The molecule has 0 amide bonds. The van der Waals surface area contributed by atoms with Gasteiger partial charge in [0.15, 0.2) is 0 Å². The van der Waals surface area contributed by atoms with Crippen molar-refractivity contribution in [3.63, 3.8) is 0 Å². The van der Waals surface area contributed by atoms with E-state index in [1.165, 1.54) is 36.4 Å². The van der Waals surface area contributed by atoms with Gasteiger partial charge >= 0.3 is 0 Å². The summed E-state index contributed by atoms with van der Waals surface area (Å²) < 4.78 is 78.1. The first-order valence-electron chi connectivity index (χ1n) is 26.4. The summed E-state index contributed by atoms with van der Waals surface area (Å²) in [6.07, 6.45) is 6.81. The second kappa shape index (κ2) is 20.4. The number of hydrogen-bond donors (Lipinski definition) is 2. The van der Waals surface area contributed by atoms with Gasteiger partial charge < -0.3 is 28.8 Å². The molecule has 6 aromatic heterocycles. The van der Waals surface area contributed by atoms with Crippen LogP contribution in [0.2, 0.25) is 0 Å². The fourth-order valence-electron chi connectivity index (χ4n) is 12.0. The third-order valence-electron chi connectivity index (χ3n) is 15.7. The zero-order valence-electron chi connectivity index (χ0n) is 44.9. The molecule has 10 aromatic rings. The van der Waals surface area contributed by atoms with Gasteiger partial charge in [-0.15, -0.1) is 10.2 Å². The van der Waals surface area contributed by atoms with Crippen molar-refractivity contribution in [3.8, 4) is 22.5 Å². The maximum absolute atomic E-state index is 15.4. The molecule has 18 heteroatoms. The molecule has 4 aromatic carbocycles. The second-order valence-corrected chi connectivity index (χ2v) is 21.9. The van der Waals surface area contributed by atoms with Crippen molar-refractivity contribution in [2.75, 3.05) is 26.4 Å². The number of aliphatic hydroxyl groups is 2. The minimum atomic E-state index is -1.39. The Morgan fingerprint density at radius 2 is 0.885 bits per heavy atom. The van der Waals surface area contributed by atoms with Gasteiger partial charge in [0.2, 0.25) is 0 Å². The van der Waals surface area contributed by atoms with Crippen LogP contribution < -0.4 is 0 Å². The highest BCUT2D eigenvalue weighted by Crippen LogP contribution is 2.45. The van der Waals surface area contributed by atoms with E-state index in [-0.39, 0.29) is 46.7 Å². The molecule has 2 fully saturated rings. The molecule has 2 N–H and O–H groups in total. The van der Waals surface area contributed by atoms with Crippen LogP contribution in [0.3, 0.4) is 0 Å². The summed E-state index contributed by atoms with van der Waals surface area (Å²) >= 11 is 0. The van der Waals surface area contributed by atoms with Crippen molar-refractivity contribution in [2.24, 2.45) is 25.9 Å². The van der Waals surface area contributed by atoms with E-state index in [2.05, 4.69) is 29.8 Å². The third kappa shape index (κ3) is 9.62. The Hall–Kier alpha value is -7.38. The van der Waals surface area contributed by atoms with E-state index in [1.807, 2.05) is 64.3 Å². The van der Waals surface area contributed by atoms with Gasteiger partial charge in [0, 0.05) is 85.9 Å². The van der Waals surface area contributed by atoms with E-state index in [0.29, 0.717) is 48.2 Å². The van der Waals surface area contributed by atoms with Gasteiger partial charge in [-0.05, 0) is 151 Å². The lowest BCUT2D eigenvalue weighted by molar-refractivity contribution is 0.0551. The summed E-state index contributed by atoms with van der Waals surface area (Å²) in [6, 6.07) is 23.3. The van der Waals surface area contributed by atoms with Gasteiger partial charge in [0.25, 0.3) is 0 Å². The monoisotopic (exact) mass is 1060 g/mol. The minimum absolute atomic E-state index is 0.183. The number of rotatable bonds is 10. The molecular formula is C60H62F4N10O4. The molecule has 2 aliphatic heterocycles. The van der Waals surface area contributed by atoms with Crippen LogP contribution in [0.4, 0.5) is 17.6 Å². The molecule has 0 spiro atoms. The average Bonchev–Trinajstić information content (AvgIpc) is 4.27. The van der Waals surface area contributed by atoms with Gasteiger partial charge in [-0.1, -0.05) is 34.7 Å². The van der Waals surface area contributed by atoms with E-state index in [0.717, 1.165) is 92.8 Å². The molecule has 0 saturated carbocycles. The van der Waals surface area contributed by atoms with Crippen LogP contribution in [0.1, 0.15) is 99.1 Å². The predicted molar refractivity (Wildman–Crippen MR) is 291 cm³/mol. The first-order valence-corrected chi connectivity index (χ1v) is 26.4. The van der Waals surface area contributed by atoms with Crippen LogP contribution in [0.5, 0.6) is 0 Å². The lowest BCUT2D eigenvalue weighted by Gasteiger charge is -2.33. The van der Waals surface area contributed by atoms with Crippen LogP contribution in [-0.2, 0) is 34.8 Å².